The number of carbonyl (C=O) groups excluding carboxylic acids is 2. The molecule has 0 saturated heterocycles. The molecule has 0 aliphatic carbocycles. The Labute approximate surface area is 182 Å². The standard InChI is InChI=1S/C22H21N5O3S/c1-23-21(29)17-10-11-27(26-17)16-8-6-15(7-9-16)25-22(30)24-13-18(28)20-12-14-4-2-3-5-19(14)31-20/h2-12,18,28H,13H2,1H3,(H,23,29)(H2,24,25,30). The quantitative estimate of drug-likeness (QED) is 0.373. The number of thiophene rings is 1. The molecule has 9 heteroatoms. The van der Waals surface area contributed by atoms with E-state index in [0.717, 1.165) is 20.7 Å². The molecular weight excluding hydrogens is 414 g/mol. The van der Waals surface area contributed by atoms with Gasteiger partial charge in [0, 0.05) is 28.5 Å². The first-order valence-corrected chi connectivity index (χ1v) is 10.4. The van der Waals surface area contributed by atoms with Gasteiger partial charge in [0.15, 0.2) is 5.69 Å². The van der Waals surface area contributed by atoms with E-state index in [2.05, 4.69) is 21.0 Å². The molecule has 0 aliphatic heterocycles. The van der Waals surface area contributed by atoms with E-state index in [4.69, 9.17) is 0 Å². The highest BCUT2D eigenvalue weighted by atomic mass is 32.1. The third kappa shape index (κ3) is 4.73. The van der Waals surface area contributed by atoms with E-state index in [1.165, 1.54) is 11.3 Å². The molecule has 2 aromatic heterocycles. The van der Waals surface area contributed by atoms with Crippen LogP contribution < -0.4 is 16.0 Å². The van der Waals surface area contributed by atoms with Crippen molar-refractivity contribution in [3.8, 4) is 5.69 Å². The number of fused-ring (bicyclic) bond motifs is 1. The number of aliphatic hydroxyl groups is 1. The molecular formula is C22H21N5O3S. The highest BCUT2D eigenvalue weighted by Crippen LogP contribution is 2.29. The molecule has 8 nitrogen and oxygen atoms in total. The van der Waals surface area contributed by atoms with E-state index >= 15 is 0 Å². The fourth-order valence-corrected chi connectivity index (χ4v) is 4.10. The van der Waals surface area contributed by atoms with Gasteiger partial charge in [-0.15, -0.1) is 11.3 Å². The Balaban J connectivity index is 1.32. The zero-order valence-electron chi connectivity index (χ0n) is 16.7. The van der Waals surface area contributed by atoms with Crippen LogP contribution in [0.3, 0.4) is 0 Å². The van der Waals surface area contributed by atoms with Gasteiger partial charge in [0.1, 0.15) is 6.10 Å². The summed E-state index contributed by atoms with van der Waals surface area (Å²) in [6, 6.07) is 18.1. The van der Waals surface area contributed by atoms with Crippen molar-refractivity contribution in [2.75, 3.05) is 18.9 Å². The largest absolute Gasteiger partial charge is 0.386 e. The number of aromatic nitrogens is 2. The maximum Gasteiger partial charge on any atom is 0.319 e. The predicted molar refractivity (Wildman–Crippen MR) is 121 cm³/mol. The first-order valence-electron chi connectivity index (χ1n) is 9.63. The molecule has 4 N–H and O–H groups in total. The summed E-state index contributed by atoms with van der Waals surface area (Å²) in [4.78, 5) is 24.6. The van der Waals surface area contributed by atoms with Gasteiger partial charge in [-0.1, -0.05) is 18.2 Å². The Morgan fingerprint density at radius 2 is 1.90 bits per heavy atom. The predicted octanol–water partition coefficient (Wildman–Crippen LogP) is 3.30. The van der Waals surface area contributed by atoms with Gasteiger partial charge in [-0.25, -0.2) is 9.48 Å². The number of nitrogens with zero attached hydrogens (tertiary/aromatic N) is 2. The van der Waals surface area contributed by atoms with Crippen molar-refractivity contribution >= 4 is 39.0 Å². The fourth-order valence-electron chi connectivity index (χ4n) is 3.05. The van der Waals surface area contributed by atoms with E-state index in [-0.39, 0.29) is 12.5 Å². The number of aliphatic hydroxyl groups excluding tert-OH is 1. The lowest BCUT2D eigenvalue weighted by molar-refractivity contribution is 0.0957. The summed E-state index contributed by atoms with van der Waals surface area (Å²) in [5.41, 5.74) is 1.67. The normalized spacial score (nSPS) is 11.8. The van der Waals surface area contributed by atoms with Crippen molar-refractivity contribution in [1.29, 1.82) is 0 Å². The smallest absolute Gasteiger partial charge is 0.319 e. The second-order valence-corrected chi connectivity index (χ2v) is 7.92. The summed E-state index contributed by atoms with van der Waals surface area (Å²) in [6.07, 6.45) is 0.912. The molecule has 4 aromatic rings. The Kier molecular flexibility index (Phi) is 5.96. The average Bonchev–Trinajstić information content (AvgIpc) is 3.45. The van der Waals surface area contributed by atoms with Crippen LogP contribution in [0.2, 0.25) is 0 Å². The van der Waals surface area contributed by atoms with Crippen molar-refractivity contribution in [3.05, 3.63) is 77.4 Å². The van der Waals surface area contributed by atoms with Crippen molar-refractivity contribution in [1.82, 2.24) is 20.4 Å². The van der Waals surface area contributed by atoms with E-state index in [0.29, 0.717) is 11.4 Å². The van der Waals surface area contributed by atoms with Gasteiger partial charge in [0.25, 0.3) is 5.91 Å². The average molecular weight is 436 g/mol. The van der Waals surface area contributed by atoms with Crippen LogP contribution in [0.4, 0.5) is 10.5 Å². The number of nitrogens with one attached hydrogen (secondary N) is 3. The third-order valence-corrected chi connectivity index (χ3v) is 5.88. The Morgan fingerprint density at radius 1 is 1.13 bits per heavy atom. The van der Waals surface area contributed by atoms with Crippen LogP contribution in [0.25, 0.3) is 15.8 Å². The van der Waals surface area contributed by atoms with Crippen molar-refractivity contribution < 1.29 is 14.7 Å². The zero-order chi connectivity index (χ0) is 21.8. The number of hydrogen-bond donors (Lipinski definition) is 4. The van der Waals surface area contributed by atoms with Crippen LogP contribution in [-0.4, -0.2) is 40.4 Å². The van der Waals surface area contributed by atoms with Crippen molar-refractivity contribution in [2.24, 2.45) is 0 Å². The number of benzene rings is 2. The molecule has 0 bridgehead atoms. The maximum absolute atomic E-state index is 12.2. The summed E-state index contributed by atoms with van der Waals surface area (Å²) >= 11 is 1.51. The van der Waals surface area contributed by atoms with Crippen molar-refractivity contribution in [3.63, 3.8) is 0 Å². The van der Waals surface area contributed by atoms with Gasteiger partial charge >= 0.3 is 6.03 Å². The van der Waals surface area contributed by atoms with Gasteiger partial charge in [-0.3, -0.25) is 4.79 Å². The van der Waals surface area contributed by atoms with Gasteiger partial charge in [0.2, 0.25) is 0 Å². The summed E-state index contributed by atoms with van der Waals surface area (Å²) < 4.78 is 2.68. The van der Waals surface area contributed by atoms with E-state index in [9.17, 15) is 14.7 Å². The van der Waals surface area contributed by atoms with Crippen LogP contribution >= 0.6 is 11.3 Å². The molecule has 2 aromatic carbocycles. The summed E-state index contributed by atoms with van der Waals surface area (Å²) in [5.74, 6) is -0.258. The monoisotopic (exact) mass is 435 g/mol. The number of hydrogen-bond acceptors (Lipinski definition) is 5. The first-order chi connectivity index (χ1) is 15.0. The van der Waals surface area contributed by atoms with E-state index < -0.39 is 12.1 Å². The molecule has 31 heavy (non-hydrogen) atoms. The molecule has 0 radical (unpaired) electrons. The Hall–Kier alpha value is -3.69. The van der Waals surface area contributed by atoms with Gasteiger partial charge in [-0.05, 0) is 47.9 Å². The lowest BCUT2D eigenvalue weighted by Gasteiger charge is -2.11. The van der Waals surface area contributed by atoms with Crippen LogP contribution in [0.1, 0.15) is 21.5 Å². The summed E-state index contributed by atoms with van der Waals surface area (Å²) in [7, 11) is 1.55. The zero-order valence-corrected chi connectivity index (χ0v) is 17.5. The third-order valence-electron chi connectivity index (χ3n) is 4.67. The number of urea groups is 1. The first kappa shape index (κ1) is 20.6. The number of rotatable bonds is 6. The minimum atomic E-state index is -0.778. The SMILES string of the molecule is CNC(=O)c1ccn(-c2ccc(NC(=O)NCC(O)c3cc4ccccc4s3)cc2)n1. The second-order valence-electron chi connectivity index (χ2n) is 6.81. The van der Waals surface area contributed by atoms with Gasteiger partial charge < -0.3 is 21.1 Å². The van der Waals surface area contributed by atoms with Crippen molar-refractivity contribution in [2.45, 2.75) is 6.10 Å². The van der Waals surface area contributed by atoms with Gasteiger partial charge in [-0.2, -0.15) is 5.10 Å². The number of carbonyl (C=O) groups is 2. The Bertz CT molecular complexity index is 1180. The number of amides is 3. The highest BCUT2D eigenvalue weighted by Gasteiger charge is 2.13. The minimum absolute atomic E-state index is 0.103. The molecule has 3 amide bonds. The Morgan fingerprint density at radius 3 is 2.65 bits per heavy atom. The van der Waals surface area contributed by atoms with Crippen LogP contribution in [0, 0.1) is 0 Å². The van der Waals surface area contributed by atoms with E-state index in [1.807, 2.05) is 30.3 Å². The lowest BCUT2D eigenvalue weighted by Crippen LogP contribution is -2.32. The van der Waals surface area contributed by atoms with Crippen LogP contribution in [0.5, 0.6) is 0 Å². The van der Waals surface area contributed by atoms with Crippen LogP contribution in [-0.2, 0) is 0 Å². The minimum Gasteiger partial charge on any atom is -0.386 e. The molecule has 1 atom stereocenters. The molecule has 0 saturated carbocycles. The highest BCUT2D eigenvalue weighted by molar-refractivity contribution is 7.19. The topological polar surface area (TPSA) is 108 Å². The van der Waals surface area contributed by atoms with Crippen LogP contribution in [0.15, 0.2) is 66.9 Å². The summed E-state index contributed by atoms with van der Waals surface area (Å²) in [6.45, 7) is 0.103. The number of anilines is 1. The molecule has 4 rings (SSSR count). The lowest BCUT2D eigenvalue weighted by atomic mass is 10.2. The second kappa shape index (κ2) is 8.99. The molecule has 158 valence electrons. The maximum atomic E-state index is 12.2. The van der Waals surface area contributed by atoms with E-state index in [1.54, 1.807) is 48.3 Å². The fraction of sp³-hybridized carbons (Fsp3) is 0.136. The molecule has 0 spiro atoms. The molecule has 0 fully saturated rings. The molecule has 2 heterocycles. The summed E-state index contributed by atoms with van der Waals surface area (Å²) in [5, 5.41) is 23.6. The molecule has 0 aliphatic rings. The molecule has 1 unspecified atom stereocenters. The van der Waals surface area contributed by atoms with Gasteiger partial charge in [0.05, 0.1) is 12.2 Å².